The average molecular weight is 468 g/mol. The molecule has 0 atom stereocenters. The van der Waals surface area contributed by atoms with Gasteiger partial charge in [0.1, 0.15) is 28.3 Å². The number of hydrogen-bond donors (Lipinski definition) is 0. The van der Waals surface area contributed by atoms with E-state index in [4.69, 9.17) is 19.4 Å². The molecular formula is C27H22FN5O2. The number of nitrogens with zero attached hydrogens (tertiary/aromatic N) is 5. The Balaban J connectivity index is 1.62. The van der Waals surface area contributed by atoms with Crippen LogP contribution >= 0.6 is 0 Å². The van der Waals surface area contributed by atoms with Crippen molar-refractivity contribution in [3.05, 3.63) is 100 Å². The maximum Gasteiger partial charge on any atom is 0.265 e. The standard InChI is InChI=1S/C27H22FN5O2/c1-2-22-31-25-23(27(34)33(22)16-18-9-7-15-35-18)24-26(30-21-12-6-5-11-20(21)29-24)32(25)14-13-17-8-3-4-10-19(17)28/h3-12,15H,2,13-14,16H2,1H3. The lowest BCUT2D eigenvalue weighted by molar-refractivity contribution is 0.483. The van der Waals surface area contributed by atoms with E-state index in [0.717, 1.165) is 5.52 Å². The Morgan fingerprint density at radius 2 is 1.66 bits per heavy atom. The van der Waals surface area contributed by atoms with E-state index in [1.165, 1.54) is 6.07 Å². The minimum Gasteiger partial charge on any atom is -0.467 e. The minimum atomic E-state index is -0.257. The van der Waals surface area contributed by atoms with Crippen molar-refractivity contribution in [1.82, 2.24) is 24.1 Å². The van der Waals surface area contributed by atoms with Crippen molar-refractivity contribution in [3.63, 3.8) is 0 Å². The van der Waals surface area contributed by atoms with E-state index in [-0.39, 0.29) is 17.9 Å². The van der Waals surface area contributed by atoms with Crippen molar-refractivity contribution >= 4 is 33.2 Å². The van der Waals surface area contributed by atoms with Crippen LogP contribution in [0.1, 0.15) is 24.1 Å². The average Bonchev–Trinajstić information content (AvgIpc) is 3.49. The number of rotatable bonds is 6. The Morgan fingerprint density at radius 1 is 0.886 bits per heavy atom. The molecule has 0 amide bonds. The third kappa shape index (κ3) is 3.58. The molecule has 0 radical (unpaired) electrons. The van der Waals surface area contributed by atoms with E-state index in [0.29, 0.717) is 64.2 Å². The van der Waals surface area contributed by atoms with E-state index in [2.05, 4.69) is 0 Å². The van der Waals surface area contributed by atoms with Crippen molar-refractivity contribution in [2.75, 3.05) is 0 Å². The zero-order valence-corrected chi connectivity index (χ0v) is 19.1. The van der Waals surface area contributed by atoms with Crippen molar-refractivity contribution in [2.45, 2.75) is 32.9 Å². The van der Waals surface area contributed by atoms with Gasteiger partial charge in [-0.2, -0.15) is 0 Å². The number of aryl methyl sites for hydroxylation is 3. The fraction of sp³-hybridized carbons (Fsp3) is 0.185. The van der Waals surface area contributed by atoms with Gasteiger partial charge in [0.25, 0.3) is 5.56 Å². The predicted octanol–water partition coefficient (Wildman–Crippen LogP) is 4.88. The maximum atomic E-state index is 14.4. The molecule has 0 saturated heterocycles. The van der Waals surface area contributed by atoms with Crippen LogP contribution in [0.4, 0.5) is 4.39 Å². The zero-order chi connectivity index (χ0) is 23.9. The van der Waals surface area contributed by atoms with Gasteiger partial charge in [-0.25, -0.2) is 19.3 Å². The summed E-state index contributed by atoms with van der Waals surface area (Å²) >= 11 is 0. The van der Waals surface area contributed by atoms with Crippen LogP contribution in [0.3, 0.4) is 0 Å². The van der Waals surface area contributed by atoms with E-state index < -0.39 is 0 Å². The third-order valence-electron chi connectivity index (χ3n) is 6.30. The highest BCUT2D eigenvalue weighted by atomic mass is 19.1. The summed E-state index contributed by atoms with van der Waals surface area (Å²) in [5, 5.41) is 0.413. The fourth-order valence-electron chi connectivity index (χ4n) is 4.57. The Labute approximate surface area is 199 Å². The van der Waals surface area contributed by atoms with Gasteiger partial charge in [-0.3, -0.25) is 9.36 Å². The zero-order valence-electron chi connectivity index (χ0n) is 19.1. The first kappa shape index (κ1) is 21.2. The van der Waals surface area contributed by atoms with Gasteiger partial charge in [0.05, 0.1) is 23.8 Å². The summed E-state index contributed by atoms with van der Waals surface area (Å²) in [7, 11) is 0. The molecule has 35 heavy (non-hydrogen) atoms. The molecule has 6 rings (SSSR count). The highest BCUT2D eigenvalue weighted by molar-refractivity contribution is 6.04. The van der Waals surface area contributed by atoms with E-state index >= 15 is 0 Å². The van der Waals surface area contributed by atoms with E-state index in [1.54, 1.807) is 29.0 Å². The topological polar surface area (TPSA) is 78.7 Å². The molecule has 6 aromatic rings. The van der Waals surface area contributed by atoms with Gasteiger partial charge in [-0.05, 0) is 42.3 Å². The van der Waals surface area contributed by atoms with Crippen LogP contribution in [-0.2, 0) is 25.9 Å². The highest BCUT2D eigenvalue weighted by Gasteiger charge is 2.22. The molecule has 0 aliphatic heterocycles. The minimum absolute atomic E-state index is 0.192. The summed E-state index contributed by atoms with van der Waals surface area (Å²) in [6.45, 7) is 2.65. The number of para-hydroxylation sites is 2. The number of fused-ring (bicyclic) bond motifs is 4. The molecule has 4 heterocycles. The quantitative estimate of drug-likeness (QED) is 0.349. The molecule has 0 saturated carbocycles. The number of hydrogen-bond acceptors (Lipinski definition) is 5. The second-order valence-corrected chi connectivity index (χ2v) is 8.43. The van der Waals surface area contributed by atoms with Gasteiger partial charge in [0, 0.05) is 13.0 Å². The van der Waals surface area contributed by atoms with Crippen LogP contribution in [0, 0.1) is 5.82 Å². The van der Waals surface area contributed by atoms with Crippen LogP contribution in [0.2, 0.25) is 0 Å². The molecule has 0 fully saturated rings. The number of benzene rings is 2. The second kappa shape index (κ2) is 8.47. The summed E-state index contributed by atoms with van der Waals surface area (Å²) in [4.78, 5) is 28.4. The van der Waals surface area contributed by atoms with Gasteiger partial charge >= 0.3 is 0 Å². The maximum absolute atomic E-state index is 14.4. The normalized spacial score (nSPS) is 11.7. The van der Waals surface area contributed by atoms with Crippen LogP contribution in [0.5, 0.6) is 0 Å². The van der Waals surface area contributed by atoms with Crippen LogP contribution in [0.25, 0.3) is 33.2 Å². The molecule has 4 aromatic heterocycles. The fourth-order valence-corrected chi connectivity index (χ4v) is 4.57. The second-order valence-electron chi connectivity index (χ2n) is 8.43. The SMILES string of the molecule is CCc1nc2c(c(=O)n1Cc1ccco1)c1nc3ccccc3nc1n2CCc1ccccc1F. The van der Waals surface area contributed by atoms with Crippen molar-refractivity contribution < 1.29 is 8.81 Å². The number of aromatic nitrogens is 5. The lowest BCUT2D eigenvalue weighted by Gasteiger charge is -2.11. The van der Waals surface area contributed by atoms with Gasteiger partial charge in [-0.15, -0.1) is 0 Å². The first-order chi connectivity index (χ1) is 17.1. The molecule has 174 valence electrons. The highest BCUT2D eigenvalue weighted by Crippen LogP contribution is 2.26. The molecule has 7 nitrogen and oxygen atoms in total. The molecule has 0 bridgehead atoms. The first-order valence-electron chi connectivity index (χ1n) is 11.6. The summed E-state index contributed by atoms with van der Waals surface area (Å²) in [6.07, 6.45) is 2.58. The third-order valence-corrected chi connectivity index (χ3v) is 6.30. The van der Waals surface area contributed by atoms with Gasteiger partial charge < -0.3 is 8.98 Å². The molecule has 0 unspecified atom stereocenters. The van der Waals surface area contributed by atoms with Crippen LogP contribution < -0.4 is 5.56 Å². The lowest BCUT2D eigenvalue weighted by Crippen LogP contribution is -2.26. The first-order valence-corrected chi connectivity index (χ1v) is 11.6. The Kier molecular flexibility index (Phi) is 5.13. The van der Waals surface area contributed by atoms with Crippen molar-refractivity contribution in [2.24, 2.45) is 0 Å². The molecule has 0 N–H and O–H groups in total. The van der Waals surface area contributed by atoms with Crippen molar-refractivity contribution in [3.8, 4) is 0 Å². The van der Waals surface area contributed by atoms with Gasteiger partial charge in [-0.1, -0.05) is 37.3 Å². The van der Waals surface area contributed by atoms with E-state index in [1.807, 2.05) is 47.9 Å². The summed E-state index contributed by atoms with van der Waals surface area (Å²) < 4.78 is 23.4. The van der Waals surface area contributed by atoms with E-state index in [9.17, 15) is 9.18 Å². The van der Waals surface area contributed by atoms with Gasteiger partial charge in [0.2, 0.25) is 0 Å². The van der Waals surface area contributed by atoms with Crippen LogP contribution in [-0.4, -0.2) is 24.1 Å². The number of halogens is 1. The molecule has 8 heteroatoms. The summed E-state index contributed by atoms with van der Waals surface area (Å²) in [6, 6.07) is 17.9. The lowest BCUT2D eigenvalue weighted by atomic mass is 10.1. The number of furan rings is 1. The van der Waals surface area contributed by atoms with Crippen molar-refractivity contribution in [1.29, 1.82) is 0 Å². The Morgan fingerprint density at radius 3 is 2.40 bits per heavy atom. The summed E-state index contributed by atoms with van der Waals surface area (Å²) in [5.41, 5.74) is 3.41. The molecule has 2 aromatic carbocycles. The Hall–Kier alpha value is -4.33. The monoisotopic (exact) mass is 467 g/mol. The molecule has 0 aliphatic carbocycles. The summed E-state index contributed by atoms with van der Waals surface area (Å²) in [5.74, 6) is 1.05. The van der Waals surface area contributed by atoms with Crippen LogP contribution in [0.15, 0.2) is 76.1 Å². The predicted molar refractivity (Wildman–Crippen MR) is 132 cm³/mol. The molecule has 0 spiro atoms. The smallest absolute Gasteiger partial charge is 0.265 e. The molecule has 0 aliphatic rings. The largest absolute Gasteiger partial charge is 0.467 e. The molecular weight excluding hydrogens is 445 g/mol. The Bertz CT molecular complexity index is 1750. The van der Waals surface area contributed by atoms with Gasteiger partial charge in [0.15, 0.2) is 11.3 Å².